The van der Waals surface area contributed by atoms with E-state index in [1.54, 1.807) is 18.2 Å². The Kier molecular flexibility index (Phi) is 7.11. The molecule has 0 aromatic heterocycles. The Hall–Kier alpha value is -1.42. The quantitative estimate of drug-likeness (QED) is 0.251. The molecule has 0 saturated carbocycles. The molecular formula is C14H21ClN2O2. The smallest absolute Gasteiger partial charge is 0.173 e. The summed E-state index contributed by atoms with van der Waals surface area (Å²) in [6.07, 6.45) is 5.87. The highest BCUT2D eigenvalue weighted by molar-refractivity contribution is 6.31. The van der Waals surface area contributed by atoms with Crippen LogP contribution in [0.3, 0.4) is 0 Å². The molecule has 0 fully saturated rings. The molecule has 3 N–H and O–H groups in total. The molecule has 0 spiro atoms. The molecule has 0 radical (unpaired) electrons. The van der Waals surface area contributed by atoms with Crippen molar-refractivity contribution in [1.29, 1.82) is 0 Å². The van der Waals surface area contributed by atoms with Gasteiger partial charge in [0.2, 0.25) is 0 Å². The zero-order valence-corrected chi connectivity index (χ0v) is 12.0. The van der Waals surface area contributed by atoms with E-state index >= 15 is 0 Å². The van der Waals surface area contributed by atoms with Gasteiger partial charge in [0.05, 0.1) is 12.2 Å². The van der Waals surface area contributed by atoms with E-state index < -0.39 is 0 Å². The van der Waals surface area contributed by atoms with Gasteiger partial charge in [-0.2, -0.15) is 0 Å². The Morgan fingerprint density at radius 2 is 2.05 bits per heavy atom. The van der Waals surface area contributed by atoms with Gasteiger partial charge in [0.25, 0.3) is 0 Å². The predicted molar refractivity (Wildman–Crippen MR) is 78.2 cm³/mol. The summed E-state index contributed by atoms with van der Waals surface area (Å²) in [7, 11) is 0. The van der Waals surface area contributed by atoms with E-state index in [0.29, 0.717) is 22.9 Å². The molecule has 0 bridgehead atoms. The van der Waals surface area contributed by atoms with Crippen LogP contribution in [-0.2, 0) is 0 Å². The number of nitrogens with zero attached hydrogens (tertiary/aromatic N) is 1. The van der Waals surface area contributed by atoms with Crippen LogP contribution >= 0.6 is 11.6 Å². The topological polar surface area (TPSA) is 67.8 Å². The molecule has 0 aliphatic heterocycles. The van der Waals surface area contributed by atoms with E-state index in [1.807, 2.05) is 0 Å². The lowest BCUT2D eigenvalue weighted by molar-refractivity contribution is 0.302. The molecule has 0 amide bonds. The highest BCUT2D eigenvalue weighted by Gasteiger charge is 2.09. The molecule has 0 atom stereocenters. The van der Waals surface area contributed by atoms with Gasteiger partial charge in [-0.3, -0.25) is 0 Å². The van der Waals surface area contributed by atoms with Crippen molar-refractivity contribution in [1.82, 2.24) is 0 Å². The largest absolute Gasteiger partial charge is 0.493 e. The molecule has 1 aromatic carbocycles. The fourth-order valence-corrected chi connectivity index (χ4v) is 1.94. The summed E-state index contributed by atoms with van der Waals surface area (Å²) in [5.74, 6) is 0.596. The van der Waals surface area contributed by atoms with Crippen LogP contribution in [0.1, 0.15) is 44.6 Å². The van der Waals surface area contributed by atoms with E-state index in [0.717, 1.165) is 12.8 Å². The molecule has 0 aliphatic carbocycles. The van der Waals surface area contributed by atoms with Gasteiger partial charge in [-0.15, -0.1) is 0 Å². The van der Waals surface area contributed by atoms with Crippen LogP contribution in [0.15, 0.2) is 23.4 Å². The molecule has 0 saturated heterocycles. The number of hydrogen-bond acceptors (Lipinski definition) is 3. The average Bonchev–Trinajstić information content (AvgIpc) is 2.43. The van der Waals surface area contributed by atoms with Crippen LogP contribution < -0.4 is 10.5 Å². The van der Waals surface area contributed by atoms with Gasteiger partial charge in [0, 0.05) is 5.02 Å². The van der Waals surface area contributed by atoms with Crippen LogP contribution in [0.2, 0.25) is 5.02 Å². The van der Waals surface area contributed by atoms with Crippen LogP contribution in [0.5, 0.6) is 5.75 Å². The van der Waals surface area contributed by atoms with Crippen molar-refractivity contribution < 1.29 is 9.94 Å². The molecule has 5 heteroatoms. The molecule has 19 heavy (non-hydrogen) atoms. The first-order valence-corrected chi connectivity index (χ1v) is 6.97. The summed E-state index contributed by atoms with van der Waals surface area (Å²) in [5.41, 5.74) is 6.11. The Bertz CT molecular complexity index is 422. The fraction of sp³-hybridized carbons (Fsp3) is 0.500. The van der Waals surface area contributed by atoms with Crippen molar-refractivity contribution in [3.05, 3.63) is 28.8 Å². The fourth-order valence-electron chi connectivity index (χ4n) is 1.77. The van der Waals surface area contributed by atoms with Crippen LogP contribution in [0.4, 0.5) is 0 Å². The van der Waals surface area contributed by atoms with E-state index in [1.165, 1.54) is 19.3 Å². The Balaban J connectivity index is 2.53. The van der Waals surface area contributed by atoms with E-state index in [4.69, 9.17) is 27.3 Å². The van der Waals surface area contributed by atoms with Gasteiger partial charge in [0.15, 0.2) is 5.84 Å². The van der Waals surface area contributed by atoms with Crippen molar-refractivity contribution in [2.24, 2.45) is 10.9 Å². The minimum Gasteiger partial charge on any atom is -0.493 e. The number of unbranched alkanes of at least 4 members (excludes halogenated alkanes) is 4. The van der Waals surface area contributed by atoms with E-state index in [9.17, 15) is 0 Å². The first kappa shape index (κ1) is 15.6. The SMILES string of the molecule is CCCCCCCOc1ccc(Cl)cc1C(N)=NO. The van der Waals surface area contributed by atoms with E-state index in [-0.39, 0.29) is 5.84 Å². The minimum atomic E-state index is 0.00322. The number of ether oxygens (including phenoxy) is 1. The number of nitrogens with two attached hydrogens (primary N) is 1. The number of rotatable bonds is 8. The minimum absolute atomic E-state index is 0.00322. The number of hydrogen-bond donors (Lipinski definition) is 2. The number of halogens is 1. The third-order valence-corrected chi connectivity index (χ3v) is 3.07. The lowest BCUT2D eigenvalue weighted by atomic mass is 10.1. The molecule has 0 unspecified atom stereocenters. The highest BCUT2D eigenvalue weighted by Crippen LogP contribution is 2.23. The van der Waals surface area contributed by atoms with E-state index in [2.05, 4.69) is 12.1 Å². The Labute approximate surface area is 119 Å². The average molecular weight is 285 g/mol. The van der Waals surface area contributed by atoms with Crippen LogP contribution in [0, 0.1) is 0 Å². The lowest BCUT2D eigenvalue weighted by Crippen LogP contribution is -2.15. The molecule has 1 aromatic rings. The number of oxime groups is 1. The second kappa shape index (κ2) is 8.64. The van der Waals surface area contributed by atoms with Crippen LogP contribution in [0.25, 0.3) is 0 Å². The molecule has 4 nitrogen and oxygen atoms in total. The van der Waals surface area contributed by atoms with Gasteiger partial charge >= 0.3 is 0 Å². The van der Waals surface area contributed by atoms with Crippen molar-refractivity contribution in [3.8, 4) is 5.75 Å². The van der Waals surface area contributed by atoms with Gasteiger partial charge in [-0.1, -0.05) is 49.4 Å². The maximum Gasteiger partial charge on any atom is 0.173 e. The molecule has 106 valence electrons. The second-order valence-corrected chi connectivity index (χ2v) is 4.82. The first-order valence-electron chi connectivity index (χ1n) is 6.59. The zero-order chi connectivity index (χ0) is 14.1. The molecule has 0 aliphatic rings. The standard InChI is InChI=1S/C14H21ClN2O2/c1-2-3-4-5-6-9-19-13-8-7-11(15)10-12(13)14(16)17-18/h7-8,10,18H,2-6,9H2,1H3,(H2,16,17). The van der Waals surface area contributed by atoms with Gasteiger partial charge in [-0.05, 0) is 24.6 Å². The molecule has 0 heterocycles. The van der Waals surface area contributed by atoms with Crippen molar-refractivity contribution >= 4 is 17.4 Å². The van der Waals surface area contributed by atoms with Crippen molar-refractivity contribution in [2.75, 3.05) is 6.61 Å². The Morgan fingerprint density at radius 1 is 1.32 bits per heavy atom. The summed E-state index contributed by atoms with van der Waals surface area (Å²) in [5, 5.41) is 12.2. The summed E-state index contributed by atoms with van der Waals surface area (Å²) >= 11 is 5.89. The third-order valence-electron chi connectivity index (χ3n) is 2.83. The molecular weight excluding hydrogens is 264 g/mol. The number of amidine groups is 1. The maximum absolute atomic E-state index is 8.74. The van der Waals surface area contributed by atoms with Crippen molar-refractivity contribution in [3.63, 3.8) is 0 Å². The lowest BCUT2D eigenvalue weighted by Gasteiger charge is -2.11. The summed E-state index contributed by atoms with van der Waals surface area (Å²) < 4.78 is 5.66. The zero-order valence-electron chi connectivity index (χ0n) is 11.2. The summed E-state index contributed by atoms with van der Waals surface area (Å²) in [6.45, 7) is 2.81. The molecule has 1 rings (SSSR count). The third kappa shape index (κ3) is 5.39. The van der Waals surface area contributed by atoms with Crippen LogP contribution in [-0.4, -0.2) is 17.6 Å². The summed E-state index contributed by atoms with van der Waals surface area (Å²) in [4.78, 5) is 0. The number of benzene rings is 1. The second-order valence-electron chi connectivity index (χ2n) is 4.39. The van der Waals surface area contributed by atoms with Crippen molar-refractivity contribution in [2.45, 2.75) is 39.0 Å². The van der Waals surface area contributed by atoms with Gasteiger partial charge in [0.1, 0.15) is 5.75 Å². The van der Waals surface area contributed by atoms with Gasteiger partial charge in [-0.25, -0.2) is 0 Å². The summed E-state index contributed by atoms with van der Waals surface area (Å²) in [6, 6.07) is 5.09. The monoisotopic (exact) mass is 284 g/mol. The highest BCUT2D eigenvalue weighted by atomic mass is 35.5. The maximum atomic E-state index is 8.74. The predicted octanol–water partition coefficient (Wildman–Crippen LogP) is 3.78. The normalized spacial score (nSPS) is 11.6. The first-order chi connectivity index (χ1) is 9.19. The Morgan fingerprint density at radius 3 is 2.74 bits per heavy atom. The van der Waals surface area contributed by atoms with Gasteiger partial charge < -0.3 is 15.7 Å².